The molecule has 168 valence electrons. The van der Waals surface area contributed by atoms with Crippen LogP contribution in [-0.4, -0.2) is 63.2 Å². The van der Waals surface area contributed by atoms with E-state index in [4.69, 9.17) is 4.98 Å². The molecule has 0 spiro atoms. The van der Waals surface area contributed by atoms with Crippen LogP contribution in [0.3, 0.4) is 0 Å². The number of nitro benzene ring substituents is 1. The Kier molecular flexibility index (Phi) is 5.35. The summed E-state index contributed by atoms with van der Waals surface area (Å²) in [6.45, 7) is 5.77. The fourth-order valence-electron chi connectivity index (χ4n) is 4.02. The summed E-state index contributed by atoms with van der Waals surface area (Å²) in [7, 11) is 2.12. The molecule has 2 N–H and O–H groups in total. The van der Waals surface area contributed by atoms with Gasteiger partial charge in [-0.25, -0.2) is 9.97 Å². The van der Waals surface area contributed by atoms with Gasteiger partial charge < -0.3 is 15.1 Å². The molecule has 33 heavy (non-hydrogen) atoms. The third kappa shape index (κ3) is 4.20. The van der Waals surface area contributed by atoms with Crippen LogP contribution in [0, 0.1) is 17.0 Å². The van der Waals surface area contributed by atoms with E-state index in [1.807, 2.05) is 25.1 Å². The van der Waals surface area contributed by atoms with E-state index in [-0.39, 0.29) is 5.69 Å². The van der Waals surface area contributed by atoms with Gasteiger partial charge in [0.25, 0.3) is 5.69 Å². The van der Waals surface area contributed by atoms with Crippen LogP contribution >= 0.6 is 0 Å². The number of para-hydroxylation sites is 1. The van der Waals surface area contributed by atoms with E-state index in [1.54, 1.807) is 18.2 Å². The van der Waals surface area contributed by atoms with Crippen molar-refractivity contribution in [3.63, 3.8) is 0 Å². The summed E-state index contributed by atoms with van der Waals surface area (Å²) < 4.78 is 0. The van der Waals surface area contributed by atoms with Crippen molar-refractivity contribution in [1.29, 1.82) is 0 Å². The molecular formula is C23H24N8O2. The topological polar surface area (TPSA) is 116 Å². The van der Waals surface area contributed by atoms with Crippen LogP contribution in [0.4, 0.5) is 23.0 Å². The highest BCUT2D eigenvalue weighted by Gasteiger charge is 2.20. The first-order valence-corrected chi connectivity index (χ1v) is 10.8. The Balaban J connectivity index is 1.64. The normalized spacial score (nSPS) is 14.5. The molecule has 0 unspecified atom stereocenters. The van der Waals surface area contributed by atoms with Gasteiger partial charge in [-0.1, -0.05) is 12.1 Å². The van der Waals surface area contributed by atoms with Crippen molar-refractivity contribution >= 4 is 33.9 Å². The molecule has 1 saturated heterocycles. The molecule has 3 heterocycles. The van der Waals surface area contributed by atoms with Crippen LogP contribution in [0.1, 0.15) is 5.69 Å². The van der Waals surface area contributed by atoms with Gasteiger partial charge in [-0.3, -0.25) is 15.2 Å². The average molecular weight is 444 g/mol. The molecule has 0 radical (unpaired) electrons. The zero-order valence-electron chi connectivity index (χ0n) is 18.4. The second-order valence-electron chi connectivity index (χ2n) is 8.22. The van der Waals surface area contributed by atoms with Gasteiger partial charge in [-0.05, 0) is 38.2 Å². The van der Waals surface area contributed by atoms with Gasteiger partial charge in [-0.15, -0.1) is 0 Å². The Bertz CT molecular complexity index is 1330. The molecule has 10 heteroatoms. The number of piperazine rings is 1. The van der Waals surface area contributed by atoms with E-state index < -0.39 is 4.92 Å². The molecule has 0 amide bonds. The quantitative estimate of drug-likeness (QED) is 0.353. The number of rotatable bonds is 5. The van der Waals surface area contributed by atoms with E-state index in [0.717, 1.165) is 42.9 Å². The molecule has 0 bridgehead atoms. The average Bonchev–Trinajstić information content (AvgIpc) is 3.23. The highest BCUT2D eigenvalue weighted by atomic mass is 16.6. The lowest BCUT2D eigenvalue weighted by Gasteiger charge is -2.34. The summed E-state index contributed by atoms with van der Waals surface area (Å²) >= 11 is 0. The van der Waals surface area contributed by atoms with E-state index in [1.165, 1.54) is 6.07 Å². The predicted octanol–water partition coefficient (Wildman–Crippen LogP) is 3.73. The number of nitrogens with zero attached hydrogens (tertiary/aromatic N) is 6. The molecule has 0 atom stereocenters. The standard InChI is InChI=1S/C23H24N8O2/c1-15-13-21(28-27-15)25-22-17-8-7-16(30-11-9-29(2)10-12-30)14-19(17)24-23(26-22)18-5-3-4-6-20(18)31(32)33/h3-8,13-14H,9-12H2,1-2H3,(H2,24,25,26,27,28). The zero-order chi connectivity index (χ0) is 22.9. The van der Waals surface area contributed by atoms with Gasteiger partial charge in [0.1, 0.15) is 5.82 Å². The van der Waals surface area contributed by atoms with Crippen LogP contribution in [0.2, 0.25) is 0 Å². The van der Waals surface area contributed by atoms with Crippen LogP contribution in [0.15, 0.2) is 48.5 Å². The molecule has 2 aromatic carbocycles. The van der Waals surface area contributed by atoms with Gasteiger partial charge in [0, 0.05) is 55.1 Å². The summed E-state index contributed by atoms with van der Waals surface area (Å²) in [4.78, 5) is 25.3. The van der Waals surface area contributed by atoms with Gasteiger partial charge in [-0.2, -0.15) is 5.10 Å². The second-order valence-corrected chi connectivity index (χ2v) is 8.22. The van der Waals surface area contributed by atoms with E-state index in [9.17, 15) is 10.1 Å². The minimum Gasteiger partial charge on any atom is -0.369 e. The summed E-state index contributed by atoms with van der Waals surface area (Å²) in [6.07, 6.45) is 0. The van der Waals surface area contributed by atoms with Crippen molar-refractivity contribution in [3.05, 3.63) is 64.3 Å². The fraction of sp³-hybridized carbons (Fsp3) is 0.261. The predicted molar refractivity (Wildman–Crippen MR) is 128 cm³/mol. The van der Waals surface area contributed by atoms with E-state index in [2.05, 4.69) is 43.4 Å². The third-order valence-corrected chi connectivity index (χ3v) is 5.84. The Morgan fingerprint density at radius 2 is 1.85 bits per heavy atom. The summed E-state index contributed by atoms with van der Waals surface area (Å²) in [6, 6.07) is 14.5. The summed E-state index contributed by atoms with van der Waals surface area (Å²) in [5.74, 6) is 1.45. The van der Waals surface area contributed by atoms with Crippen molar-refractivity contribution in [1.82, 2.24) is 25.1 Å². The van der Waals surface area contributed by atoms with Crippen molar-refractivity contribution in [2.24, 2.45) is 0 Å². The Labute approximate surface area is 190 Å². The van der Waals surface area contributed by atoms with Gasteiger partial charge >= 0.3 is 0 Å². The maximum absolute atomic E-state index is 11.6. The number of hydrogen-bond donors (Lipinski definition) is 2. The largest absolute Gasteiger partial charge is 0.369 e. The Hall–Kier alpha value is -4.05. The lowest BCUT2D eigenvalue weighted by atomic mass is 10.1. The van der Waals surface area contributed by atoms with E-state index in [0.29, 0.717) is 28.5 Å². The van der Waals surface area contributed by atoms with Crippen molar-refractivity contribution in [3.8, 4) is 11.4 Å². The fourth-order valence-corrected chi connectivity index (χ4v) is 4.02. The number of hydrogen-bond acceptors (Lipinski definition) is 8. The van der Waals surface area contributed by atoms with E-state index >= 15 is 0 Å². The first-order chi connectivity index (χ1) is 16.0. The number of fused-ring (bicyclic) bond motifs is 1. The van der Waals surface area contributed by atoms with Crippen LogP contribution in [0.25, 0.3) is 22.3 Å². The highest BCUT2D eigenvalue weighted by molar-refractivity contribution is 5.94. The first-order valence-electron chi connectivity index (χ1n) is 10.8. The third-order valence-electron chi connectivity index (χ3n) is 5.84. The molecule has 2 aromatic heterocycles. The minimum absolute atomic E-state index is 0.0337. The van der Waals surface area contributed by atoms with Gasteiger partial charge in [0.05, 0.1) is 16.0 Å². The Morgan fingerprint density at radius 1 is 1.06 bits per heavy atom. The highest BCUT2D eigenvalue weighted by Crippen LogP contribution is 2.33. The van der Waals surface area contributed by atoms with Crippen LogP contribution < -0.4 is 10.2 Å². The smallest absolute Gasteiger partial charge is 0.280 e. The molecule has 5 rings (SSSR count). The molecule has 4 aromatic rings. The molecule has 1 aliphatic heterocycles. The van der Waals surface area contributed by atoms with Crippen molar-refractivity contribution in [2.45, 2.75) is 6.92 Å². The number of H-pyrrole nitrogens is 1. The Morgan fingerprint density at radius 3 is 2.58 bits per heavy atom. The zero-order valence-corrected chi connectivity index (χ0v) is 18.4. The number of aromatic nitrogens is 4. The van der Waals surface area contributed by atoms with Crippen molar-refractivity contribution in [2.75, 3.05) is 43.4 Å². The molecule has 1 aliphatic rings. The monoisotopic (exact) mass is 444 g/mol. The second kappa shape index (κ2) is 8.47. The van der Waals surface area contributed by atoms with Gasteiger partial charge in [0.15, 0.2) is 11.6 Å². The van der Waals surface area contributed by atoms with Crippen LogP contribution in [-0.2, 0) is 0 Å². The first kappa shape index (κ1) is 20.8. The SMILES string of the molecule is Cc1cc(Nc2nc(-c3ccccc3[N+](=O)[O-])nc3cc(N4CCN(C)CC4)ccc23)n[nH]1. The maximum Gasteiger partial charge on any atom is 0.280 e. The number of nitro groups is 1. The number of likely N-dealkylation sites (N-methyl/N-ethyl adjacent to an activating group) is 1. The van der Waals surface area contributed by atoms with Crippen molar-refractivity contribution < 1.29 is 4.92 Å². The molecule has 0 saturated carbocycles. The summed E-state index contributed by atoms with van der Waals surface area (Å²) in [5, 5.41) is 22.9. The number of aryl methyl sites for hydroxylation is 1. The lowest BCUT2D eigenvalue weighted by Crippen LogP contribution is -2.44. The van der Waals surface area contributed by atoms with Crippen LogP contribution in [0.5, 0.6) is 0 Å². The number of nitrogens with one attached hydrogen (secondary N) is 2. The molecule has 10 nitrogen and oxygen atoms in total. The number of benzene rings is 2. The maximum atomic E-state index is 11.6. The molecular weight excluding hydrogens is 420 g/mol. The molecule has 0 aliphatic carbocycles. The number of anilines is 3. The molecule has 1 fully saturated rings. The minimum atomic E-state index is -0.409. The lowest BCUT2D eigenvalue weighted by molar-refractivity contribution is -0.384. The van der Waals surface area contributed by atoms with Gasteiger partial charge in [0.2, 0.25) is 0 Å². The number of aromatic amines is 1. The summed E-state index contributed by atoms with van der Waals surface area (Å²) in [5.41, 5.74) is 3.03.